The van der Waals surface area contributed by atoms with Crippen LogP contribution in [0.5, 0.6) is 11.5 Å². The summed E-state index contributed by atoms with van der Waals surface area (Å²) in [5.41, 5.74) is 0.818. The van der Waals surface area contributed by atoms with Crippen LogP contribution in [0.1, 0.15) is 5.56 Å². The Morgan fingerprint density at radius 3 is 2.83 bits per heavy atom. The van der Waals surface area contributed by atoms with Crippen molar-refractivity contribution in [2.24, 2.45) is 5.10 Å². The van der Waals surface area contributed by atoms with Crippen LogP contribution in [-0.2, 0) is 0 Å². The average Bonchev–Trinajstić information content (AvgIpc) is 2.90. The van der Waals surface area contributed by atoms with E-state index in [2.05, 4.69) is 15.3 Å². The first-order valence-corrected chi connectivity index (χ1v) is 5.69. The van der Waals surface area contributed by atoms with Gasteiger partial charge in [0.25, 0.3) is 0 Å². The number of fused-ring (bicyclic) bond motifs is 1. The van der Waals surface area contributed by atoms with Crippen molar-refractivity contribution in [1.82, 2.24) is 14.9 Å². The van der Waals surface area contributed by atoms with E-state index in [0.29, 0.717) is 29.7 Å². The molecule has 92 valence electrons. The second kappa shape index (κ2) is 4.66. The molecule has 2 aromatic rings. The van der Waals surface area contributed by atoms with Crippen molar-refractivity contribution >= 4 is 17.8 Å². The van der Waals surface area contributed by atoms with Crippen molar-refractivity contribution in [3.05, 3.63) is 35.4 Å². The van der Waals surface area contributed by atoms with Crippen molar-refractivity contribution in [2.45, 2.75) is 0 Å². The molecule has 0 saturated carbocycles. The molecule has 0 amide bonds. The minimum Gasteiger partial charge on any atom is -0.486 e. The molecule has 0 N–H and O–H groups in total. The van der Waals surface area contributed by atoms with Gasteiger partial charge < -0.3 is 9.47 Å². The maximum Gasteiger partial charge on any atom is 0.179 e. The highest BCUT2D eigenvalue weighted by Gasteiger charge is 2.15. The van der Waals surface area contributed by atoms with E-state index in [9.17, 15) is 0 Å². The number of halogens is 1. The second-order valence-electron chi connectivity index (χ2n) is 3.61. The summed E-state index contributed by atoms with van der Waals surface area (Å²) in [6.07, 6.45) is 4.64. The van der Waals surface area contributed by atoms with E-state index in [1.807, 2.05) is 6.07 Å². The summed E-state index contributed by atoms with van der Waals surface area (Å²) >= 11 is 6.11. The highest BCUT2D eigenvalue weighted by Crippen LogP contribution is 2.37. The molecule has 0 saturated heterocycles. The Bertz CT molecular complexity index is 583. The monoisotopic (exact) mass is 264 g/mol. The third kappa shape index (κ3) is 2.14. The number of benzene rings is 1. The van der Waals surface area contributed by atoms with Gasteiger partial charge in [-0.25, -0.2) is 4.68 Å². The van der Waals surface area contributed by atoms with Crippen molar-refractivity contribution in [2.75, 3.05) is 13.2 Å². The lowest BCUT2D eigenvalue weighted by atomic mass is 10.2. The zero-order valence-corrected chi connectivity index (χ0v) is 10.0. The Morgan fingerprint density at radius 1 is 1.22 bits per heavy atom. The van der Waals surface area contributed by atoms with Crippen LogP contribution in [0.25, 0.3) is 0 Å². The van der Waals surface area contributed by atoms with Crippen LogP contribution >= 0.6 is 11.6 Å². The molecule has 6 nitrogen and oxygen atoms in total. The molecule has 0 fully saturated rings. The van der Waals surface area contributed by atoms with E-state index in [0.717, 1.165) is 5.56 Å². The van der Waals surface area contributed by atoms with Crippen molar-refractivity contribution in [3.63, 3.8) is 0 Å². The first-order chi connectivity index (χ1) is 8.83. The van der Waals surface area contributed by atoms with Gasteiger partial charge >= 0.3 is 0 Å². The predicted molar refractivity (Wildman–Crippen MR) is 65.5 cm³/mol. The van der Waals surface area contributed by atoms with E-state index < -0.39 is 0 Å². The Kier molecular flexibility index (Phi) is 2.85. The van der Waals surface area contributed by atoms with E-state index in [1.165, 1.54) is 17.3 Å². The third-order valence-electron chi connectivity index (χ3n) is 2.37. The predicted octanol–water partition coefficient (Wildman–Crippen LogP) is 1.58. The molecule has 0 aliphatic carbocycles. The molecule has 0 unspecified atom stereocenters. The lowest BCUT2D eigenvalue weighted by Gasteiger charge is -2.19. The number of nitrogens with zero attached hydrogens (tertiary/aromatic N) is 4. The van der Waals surface area contributed by atoms with Gasteiger partial charge in [0, 0.05) is 0 Å². The largest absolute Gasteiger partial charge is 0.486 e. The molecule has 1 aromatic carbocycles. The molecule has 18 heavy (non-hydrogen) atoms. The molecule has 0 bridgehead atoms. The lowest BCUT2D eigenvalue weighted by Crippen LogP contribution is -2.15. The molecular formula is C11H9ClN4O2. The van der Waals surface area contributed by atoms with Crippen LogP contribution in [0.2, 0.25) is 5.02 Å². The fourth-order valence-corrected chi connectivity index (χ4v) is 1.87. The molecule has 1 aliphatic rings. The average molecular weight is 265 g/mol. The molecule has 7 heteroatoms. The Morgan fingerprint density at radius 2 is 2.00 bits per heavy atom. The minimum absolute atomic E-state index is 0.511. The van der Waals surface area contributed by atoms with Gasteiger partial charge in [0.05, 0.1) is 11.2 Å². The van der Waals surface area contributed by atoms with E-state index in [4.69, 9.17) is 21.1 Å². The van der Waals surface area contributed by atoms with Gasteiger partial charge in [-0.05, 0) is 17.7 Å². The molecule has 0 atom stereocenters. The lowest BCUT2D eigenvalue weighted by molar-refractivity contribution is 0.171. The Labute approximate surface area is 108 Å². The zero-order valence-electron chi connectivity index (χ0n) is 9.28. The van der Waals surface area contributed by atoms with Crippen molar-refractivity contribution in [1.29, 1.82) is 0 Å². The topological polar surface area (TPSA) is 61.5 Å². The summed E-state index contributed by atoms with van der Waals surface area (Å²) in [5, 5.41) is 12.0. The molecule has 1 aliphatic heterocycles. The smallest absolute Gasteiger partial charge is 0.179 e. The molecule has 2 heterocycles. The van der Waals surface area contributed by atoms with Crippen molar-refractivity contribution < 1.29 is 9.47 Å². The number of hydrogen-bond donors (Lipinski definition) is 0. The van der Waals surface area contributed by atoms with Gasteiger partial charge in [0.15, 0.2) is 11.5 Å². The molecule has 1 aromatic heterocycles. The van der Waals surface area contributed by atoms with Gasteiger partial charge in [-0.1, -0.05) is 11.6 Å². The zero-order chi connectivity index (χ0) is 12.4. The maximum atomic E-state index is 6.11. The van der Waals surface area contributed by atoms with Crippen LogP contribution < -0.4 is 9.47 Å². The van der Waals surface area contributed by atoms with Gasteiger partial charge in [-0.15, -0.1) is 10.2 Å². The van der Waals surface area contributed by atoms with Crippen LogP contribution in [0, 0.1) is 0 Å². The number of hydrogen-bond acceptors (Lipinski definition) is 5. The summed E-state index contributed by atoms with van der Waals surface area (Å²) in [6.45, 7) is 1.04. The summed E-state index contributed by atoms with van der Waals surface area (Å²) in [7, 11) is 0. The van der Waals surface area contributed by atoms with Crippen LogP contribution in [0.15, 0.2) is 29.9 Å². The highest BCUT2D eigenvalue weighted by molar-refractivity contribution is 6.32. The van der Waals surface area contributed by atoms with E-state index in [-0.39, 0.29) is 0 Å². The SMILES string of the molecule is Clc1cc(/C=N\n2cnnc2)cc2c1OCCO2. The fourth-order valence-electron chi connectivity index (χ4n) is 1.59. The Balaban J connectivity index is 1.91. The summed E-state index contributed by atoms with van der Waals surface area (Å²) < 4.78 is 12.4. The summed E-state index contributed by atoms with van der Waals surface area (Å²) in [4.78, 5) is 0. The highest BCUT2D eigenvalue weighted by atomic mass is 35.5. The van der Waals surface area contributed by atoms with E-state index in [1.54, 1.807) is 12.3 Å². The maximum absolute atomic E-state index is 6.11. The number of rotatable bonds is 2. The van der Waals surface area contributed by atoms with Crippen LogP contribution in [0.4, 0.5) is 0 Å². The molecular weight excluding hydrogens is 256 g/mol. The minimum atomic E-state index is 0.511. The van der Waals surface area contributed by atoms with Crippen LogP contribution in [0.3, 0.4) is 0 Å². The third-order valence-corrected chi connectivity index (χ3v) is 2.65. The summed E-state index contributed by atoms with van der Waals surface area (Å²) in [6, 6.07) is 3.59. The quantitative estimate of drug-likeness (QED) is 0.773. The molecule has 0 radical (unpaired) electrons. The van der Waals surface area contributed by atoms with Crippen LogP contribution in [-0.4, -0.2) is 34.3 Å². The Hall–Kier alpha value is -2.08. The fraction of sp³-hybridized carbons (Fsp3) is 0.182. The standard InChI is InChI=1S/C11H9ClN4O2/c12-9-3-8(5-15-16-6-13-14-7-16)4-10-11(9)18-2-1-17-10/h3-7H,1-2H2/b15-5-. The van der Waals surface area contributed by atoms with Gasteiger partial charge in [-0.3, -0.25) is 0 Å². The normalized spacial score (nSPS) is 14.1. The second-order valence-corrected chi connectivity index (χ2v) is 4.02. The van der Waals surface area contributed by atoms with Gasteiger partial charge in [0.1, 0.15) is 25.9 Å². The van der Waals surface area contributed by atoms with Gasteiger partial charge in [-0.2, -0.15) is 5.10 Å². The number of ether oxygens (including phenoxy) is 2. The molecule has 0 spiro atoms. The first-order valence-electron chi connectivity index (χ1n) is 5.31. The summed E-state index contributed by atoms with van der Waals surface area (Å²) in [5.74, 6) is 1.23. The van der Waals surface area contributed by atoms with Gasteiger partial charge in [0.2, 0.25) is 0 Å². The van der Waals surface area contributed by atoms with Crippen molar-refractivity contribution in [3.8, 4) is 11.5 Å². The van der Waals surface area contributed by atoms with E-state index >= 15 is 0 Å². The number of aromatic nitrogens is 3. The first kappa shape index (κ1) is 11.0. The molecule has 3 rings (SSSR count).